The second kappa shape index (κ2) is 4.57. The van der Waals surface area contributed by atoms with E-state index in [1.165, 1.54) is 0 Å². The summed E-state index contributed by atoms with van der Waals surface area (Å²) in [6.45, 7) is 0. The molecule has 0 unspecified atom stereocenters. The number of nitrogens with one attached hydrogen (secondary N) is 1. The number of nitrogens with zero attached hydrogens (tertiary/aromatic N) is 1. The molecule has 0 atom stereocenters. The Morgan fingerprint density at radius 1 is 1.19 bits per heavy atom. The normalized spacial score (nSPS) is 9.81. The molecule has 1 aromatic heterocycles. The molecule has 0 spiro atoms. The Morgan fingerprint density at radius 3 is 2.75 bits per heavy atom. The molecule has 0 amide bonds. The molecule has 0 fully saturated rings. The summed E-state index contributed by atoms with van der Waals surface area (Å²) in [5.74, 6) is -0.0577. The zero-order valence-electron chi connectivity index (χ0n) is 8.97. The van der Waals surface area contributed by atoms with Gasteiger partial charge in [-0.3, -0.25) is 9.78 Å². The molecule has 0 aliphatic rings. The van der Waals surface area contributed by atoms with Gasteiger partial charge in [0.25, 0.3) is 0 Å². The van der Waals surface area contributed by atoms with Gasteiger partial charge >= 0.3 is 0 Å². The second-order valence-corrected chi connectivity index (χ2v) is 3.37. The Bertz CT molecular complexity index is 494. The topological polar surface area (TPSA) is 42.0 Å². The monoisotopic (exact) mass is 212 g/mol. The number of carbonyl (C=O) groups is 1. The number of anilines is 1. The summed E-state index contributed by atoms with van der Waals surface area (Å²) in [6.07, 6.45) is 1.62. The SMILES string of the molecule is CNc1cccc(C(=O)c2ccccn2)c1. The van der Waals surface area contributed by atoms with Gasteiger partial charge in [-0.2, -0.15) is 0 Å². The number of benzene rings is 1. The van der Waals surface area contributed by atoms with Crippen LogP contribution in [0.25, 0.3) is 0 Å². The molecule has 0 saturated carbocycles. The van der Waals surface area contributed by atoms with Crippen molar-refractivity contribution in [3.05, 3.63) is 59.9 Å². The smallest absolute Gasteiger partial charge is 0.211 e. The molecule has 1 N–H and O–H groups in total. The van der Waals surface area contributed by atoms with E-state index in [1.54, 1.807) is 24.4 Å². The molecule has 0 aliphatic carbocycles. The highest BCUT2D eigenvalue weighted by atomic mass is 16.1. The van der Waals surface area contributed by atoms with Crippen LogP contribution in [0.1, 0.15) is 16.1 Å². The van der Waals surface area contributed by atoms with Crippen molar-refractivity contribution in [3.63, 3.8) is 0 Å². The van der Waals surface area contributed by atoms with Crippen molar-refractivity contribution < 1.29 is 4.79 Å². The molecule has 0 aliphatic heterocycles. The lowest BCUT2D eigenvalue weighted by Crippen LogP contribution is -2.03. The van der Waals surface area contributed by atoms with Crippen molar-refractivity contribution in [2.75, 3.05) is 12.4 Å². The van der Waals surface area contributed by atoms with Gasteiger partial charge in [-0.1, -0.05) is 18.2 Å². The molecule has 3 heteroatoms. The number of aromatic nitrogens is 1. The number of hydrogen-bond donors (Lipinski definition) is 1. The number of carbonyl (C=O) groups excluding carboxylic acids is 1. The third kappa shape index (κ3) is 2.08. The van der Waals surface area contributed by atoms with E-state index < -0.39 is 0 Å². The van der Waals surface area contributed by atoms with E-state index in [0.29, 0.717) is 11.3 Å². The Balaban J connectivity index is 2.34. The highest BCUT2D eigenvalue weighted by Crippen LogP contribution is 2.13. The maximum absolute atomic E-state index is 12.0. The van der Waals surface area contributed by atoms with Crippen LogP contribution in [0.5, 0.6) is 0 Å². The predicted octanol–water partition coefficient (Wildman–Crippen LogP) is 2.35. The van der Waals surface area contributed by atoms with Crippen LogP contribution in [0, 0.1) is 0 Å². The average Bonchev–Trinajstić information content (AvgIpc) is 2.39. The molecule has 2 aromatic rings. The van der Waals surface area contributed by atoms with Gasteiger partial charge in [0.2, 0.25) is 5.78 Å². The summed E-state index contributed by atoms with van der Waals surface area (Å²) in [4.78, 5) is 16.1. The Kier molecular flexibility index (Phi) is 2.96. The first-order valence-electron chi connectivity index (χ1n) is 5.05. The van der Waals surface area contributed by atoms with Crippen molar-refractivity contribution in [2.45, 2.75) is 0 Å². The van der Waals surface area contributed by atoms with Gasteiger partial charge in [-0.25, -0.2) is 0 Å². The van der Waals surface area contributed by atoms with E-state index in [-0.39, 0.29) is 5.78 Å². The lowest BCUT2D eigenvalue weighted by atomic mass is 10.1. The fourth-order valence-electron chi connectivity index (χ4n) is 1.46. The van der Waals surface area contributed by atoms with Gasteiger partial charge in [-0.05, 0) is 24.3 Å². The molecule has 0 radical (unpaired) electrons. The van der Waals surface area contributed by atoms with Crippen molar-refractivity contribution in [1.29, 1.82) is 0 Å². The first kappa shape index (κ1) is 10.4. The van der Waals surface area contributed by atoms with Gasteiger partial charge < -0.3 is 5.32 Å². The maximum Gasteiger partial charge on any atom is 0.211 e. The highest BCUT2D eigenvalue weighted by Gasteiger charge is 2.09. The molecule has 80 valence electrons. The van der Waals surface area contributed by atoms with Crippen LogP contribution in [0.4, 0.5) is 5.69 Å². The van der Waals surface area contributed by atoms with Gasteiger partial charge in [0.05, 0.1) is 0 Å². The van der Waals surface area contributed by atoms with Crippen LogP contribution < -0.4 is 5.32 Å². The highest BCUT2D eigenvalue weighted by molar-refractivity contribution is 6.08. The van der Waals surface area contributed by atoms with Crippen LogP contribution in [0.2, 0.25) is 0 Å². The maximum atomic E-state index is 12.0. The summed E-state index contributed by atoms with van der Waals surface area (Å²) >= 11 is 0. The van der Waals surface area contributed by atoms with Crippen LogP contribution in [-0.4, -0.2) is 17.8 Å². The third-order valence-corrected chi connectivity index (χ3v) is 2.31. The third-order valence-electron chi connectivity index (χ3n) is 2.31. The molecule has 0 saturated heterocycles. The molecule has 16 heavy (non-hydrogen) atoms. The lowest BCUT2D eigenvalue weighted by Gasteiger charge is -2.03. The largest absolute Gasteiger partial charge is 0.388 e. The van der Waals surface area contributed by atoms with Crippen molar-refractivity contribution in [1.82, 2.24) is 4.98 Å². The molecular formula is C13H12N2O. The van der Waals surface area contributed by atoms with Crippen molar-refractivity contribution >= 4 is 11.5 Å². The average molecular weight is 212 g/mol. The quantitative estimate of drug-likeness (QED) is 0.794. The summed E-state index contributed by atoms with van der Waals surface area (Å²) in [6, 6.07) is 12.7. The van der Waals surface area contributed by atoms with Crippen molar-refractivity contribution in [2.24, 2.45) is 0 Å². The molecular weight excluding hydrogens is 200 g/mol. The zero-order chi connectivity index (χ0) is 11.4. The fourth-order valence-corrected chi connectivity index (χ4v) is 1.46. The minimum atomic E-state index is -0.0577. The Labute approximate surface area is 94.1 Å². The molecule has 1 aromatic carbocycles. The minimum Gasteiger partial charge on any atom is -0.388 e. The minimum absolute atomic E-state index is 0.0577. The first-order valence-corrected chi connectivity index (χ1v) is 5.05. The molecule has 1 heterocycles. The fraction of sp³-hybridized carbons (Fsp3) is 0.0769. The van der Waals surface area contributed by atoms with E-state index in [2.05, 4.69) is 10.3 Å². The van der Waals surface area contributed by atoms with Crippen LogP contribution in [-0.2, 0) is 0 Å². The molecule has 0 bridgehead atoms. The Morgan fingerprint density at radius 2 is 2.06 bits per heavy atom. The van der Waals surface area contributed by atoms with E-state index in [9.17, 15) is 4.79 Å². The summed E-state index contributed by atoms with van der Waals surface area (Å²) < 4.78 is 0. The lowest BCUT2D eigenvalue weighted by molar-refractivity contribution is 0.103. The predicted molar refractivity (Wildman–Crippen MR) is 63.7 cm³/mol. The molecule has 2 rings (SSSR count). The standard InChI is InChI=1S/C13H12N2O/c1-14-11-6-4-5-10(9-11)13(16)12-7-2-3-8-15-12/h2-9,14H,1H3. The Hall–Kier alpha value is -2.16. The summed E-state index contributed by atoms with van der Waals surface area (Å²) in [7, 11) is 1.82. The summed E-state index contributed by atoms with van der Waals surface area (Å²) in [5.41, 5.74) is 2.03. The van der Waals surface area contributed by atoms with Gasteiger partial charge in [-0.15, -0.1) is 0 Å². The van der Waals surface area contributed by atoms with Gasteiger partial charge in [0.15, 0.2) is 0 Å². The van der Waals surface area contributed by atoms with E-state index in [0.717, 1.165) is 5.69 Å². The van der Waals surface area contributed by atoms with E-state index in [4.69, 9.17) is 0 Å². The number of hydrogen-bond acceptors (Lipinski definition) is 3. The number of rotatable bonds is 3. The molecule has 3 nitrogen and oxygen atoms in total. The van der Waals surface area contributed by atoms with Crippen LogP contribution in [0.3, 0.4) is 0 Å². The van der Waals surface area contributed by atoms with Crippen molar-refractivity contribution in [3.8, 4) is 0 Å². The second-order valence-electron chi connectivity index (χ2n) is 3.37. The van der Waals surface area contributed by atoms with E-state index in [1.807, 2.05) is 31.3 Å². The van der Waals surface area contributed by atoms with Gasteiger partial charge in [0, 0.05) is 24.5 Å². The number of pyridine rings is 1. The van der Waals surface area contributed by atoms with Crippen LogP contribution >= 0.6 is 0 Å². The first-order chi connectivity index (χ1) is 7.81. The van der Waals surface area contributed by atoms with Crippen LogP contribution in [0.15, 0.2) is 48.7 Å². The van der Waals surface area contributed by atoms with Gasteiger partial charge in [0.1, 0.15) is 5.69 Å². The summed E-state index contributed by atoms with van der Waals surface area (Å²) in [5, 5.41) is 3.00. The zero-order valence-corrected chi connectivity index (χ0v) is 8.97. The van der Waals surface area contributed by atoms with E-state index >= 15 is 0 Å². The number of ketones is 1.